The van der Waals surface area contributed by atoms with Crippen molar-refractivity contribution in [2.45, 2.75) is 37.6 Å². The molecule has 4 rings (SSSR count). The van der Waals surface area contributed by atoms with E-state index in [2.05, 4.69) is 20.4 Å². The highest BCUT2D eigenvalue weighted by Gasteiger charge is 2.28. The lowest BCUT2D eigenvalue weighted by Crippen LogP contribution is -2.36. The molecule has 2 N–H and O–H groups in total. The second-order valence-electron chi connectivity index (χ2n) is 6.47. The smallest absolute Gasteiger partial charge is 0.271 e. The normalized spacial score (nSPS) is 19.8. The van der Waals surface area contributed by atoms with Gasteiger partial charge in [0.25, 0.3) is 5.91 Å². The van der Waals surface area contributed by atoms with Crippen LogP contribution in [0.2, 0.25) is 0 Å². The van der Waals surface area contributed by atoms with Crippen molar-refractivity contribution >= 4 is 5.91 Å². The number of aromatic amines is 1. The van der Waals surface area contributed by atoms with Crippen LogP contribution in [0.4, 0.5) is 0 Å². The second-order valence-corrected chi connectivity index (χ2v) is 6.47. The van der Waals surface area contributed by atoms with Gasteiger partial charge in [0.2, 0.25) is 0 Å². The Morgan fingerprint density at radius 3 is 2.96 bits per heavy atom. The molecule has 2 aliphatic rings. The van der Waals surface area contributed by atoms with Gasteiger partial charge in [-0.25, -0.2) is 0 Å². The number of nitrogens with one attached hydrogen (secondary N) is 2. The summed E-state index contributed by atoms with van der Waals surface area (Å²) < 4.78 is 5.58. The van der Waals surface area contributed by atoms with Crippen LogP contribution in [0.25, 0.3) is 0 Å². The molecule has 0 aromatic carbocycles. The maximum absolute atomic E-state index is 12.3. The van der Waals surface area contributed by atoms with Crippen molar-refractivity contribution in [3.8, 4) is 0 Å². The van der Waals surface area contributed by atoms with E-state index in [1.54, 1.807) is 6.26 Å². The monoisotopic (exact) mass is 314 g/mol. The van der Waals surface area contributed by atoms with Gasteiger partial charge in [-0.15, -0.1) is 0 Å². The summed E-state index contributed by atoms with van der Waals surface area (Å²) in [5.41, 5.74) is 1.56. The second kappa shape index (κ2) is 6.20. The Bertz CT molecular complexity index is 654. The fourth-order valence-electron chi connectivity index (χ4n) is 3.28. The van der Waals surface area contributed by atoms with E-state index in [4.69, 9.17) is 4.42 Å². The Morgan fingerprint density at radius 1 is 1.43 bits per heavy atom. The molecule has 6 nitrogen and oxygen atoms in total. The molecule has 0 spiro atoms. The molecule has 1 aliphatic heterocycles. The number of likely N-dealkylation sites (tertiary alicyclic amines) is 1. The molecule has 1 atom stereocenters. The zero-order valence-electron chi connectivity index (χ0n) is 13.1. The standard InChI is InChI=1S/C17H22N4O2/c22-17(14-10-13(19-20-14)12-5-6-12)18-11-15(16-4-3-9-23-16)21-7-1-2-8-21/h3-4,9-10,12,15H,1-2,5-8,11H2,(H,18,22)(H,19,20)/t15-/m0/s1. The van der Waals surface area contributed by atoms with Crippen LogP contribution in [0, 0.1) is 0 Å². The number of furan rings is 1. The van der Waals surface area contributed by atoms with E-state index >= 15 is 0 Å². The Morgan fingerprint density at radius 2 is 2.26 bits per heavy atom. The van der Waals surface area contributed by atoms with Crippen LogP contribution in [0.3, 0.4) is 0 Å². The summed E-state index contributed by atoms with van der Waals surface area (Å²) in [5.74, 6) is 1.36. The fourth-order valence-corrected chi connectivity index (χ4v) is 3.28. The quantitative estimate of drug-likeness (QED) is 0.859. The molecule has 3 heterocycles. The van der Waals surface area contributed by atoms with Gasteiger partial charge in [0, 0.05) is 18.2 Å². The first-order valence-corrected chi connectivity index (χ1v) is 8.42. The van der Waals surface area contributed by atoms with Gasteiger partial charge in [-0.05, 0) is 57.0 Å². The van der Waals surface area contributed by atoms with Crippen molar-refractivity contribution in [1.29, 1.82) is 0 Å². The Kier molecular flexibility index (Phi) is 3.91. The SMILES string of the molecule is O=C(NC[C@@H](c1ccco1)N1CCCC1)c1cc(C2CC2)[nH]n1. The summed E-state index contributed by atoms with van der Waals surface area (Å²) in [6, 6.07) is 5.86. The van der Waals surface area contributed by atoms with Crippen LogP contribution in [0.5, 0.6) is 0 Å². The van der Waals surface area contributed by atoms with Crippen molar-refractivity contribution in [1.82, 2.24) is 20.4 Å². The van der Waals surface area contributed by atoms with Crippen LogP contribution in [-0.2, 0) is 0 Å². The van der Waals surface area contributed by atoms with Gasteiger partial charge in [-0.3, -0.25) is 14.8 Å². The molecule has 0 unspecified atom stereocenters. The molecule has 1 saturated carbocycles. The Balaban J connectivity index is 1.41. The van der Waals surface area contributed by atoms with Gasteiger partial charge >= 0.3 is 0 Å². The zero-order chi connectivity index (χ0) is 15.6. The van der Waals surface area contributed by atoms with Gasteiger partial charge < -0.3 is 9.73 Å². The molecule has 2 aromatic heterocycles. The summed E-state index contributed by atoms with van der Waals surface area (Å²) in [6.07, 6.45) is 6.48. The molecule has 0 radical (unpaired) electrons. The van der Waals surface area contributed by atoms with Gasteiger partial charge in [0.1, 0.15) is 11.5 Å². The number of amides is 1. The maximum atomic E-state index is 12.3. The van der Waals surface area contributed by atoms with Crippen LogP contribution in [0.15, 0.2) is 28.9 Å². The highest BCUT2D eigenvalue weighted by atomic mass is 16.3. The van der Waals surface area contributed by atoms with Crippen molar-refractivity contribution < 1.29 is 9.21 Å². The number of hydrogen-bond donors (Lipinski definition) is 2. The third-order valence-corrected chi connectivity index (χ3v) is 4.76. The van der Waals surface area contributed by atoms with Gasteiger partial charge in [0.15, 0.2) is 0 Å². The third kappa shape index (κ3) is 3.17. The van der Waals surface area contributed by atoms with E-state index in [9.17, 15) is 4.79 Å². The molecule has 0 bridgehead atoms. The number of H-pyrrole nitrogens is 1. The van der Waals surface area contributed by atoms with E-state index < -0.39 is 0 Å². The molecule has 1 saturated heterocycles. The van der Waals surface area contributed by atoms with Gasteiger partial charge in [-0.2, -0.15) is 5.10 Å². The first-order chi connectivity index (χ1) is 11.3. The molecule has 1 amide bonds. The number of hydrogen-bond acceptors (Lipinski definition) is 4. The molecule has 23 heavy (non-hydrogen) atoms. The number of aromatic nitrogens is 2. The summed E-state index contributed by atoms with van der Waals surface area (Å²) >= 11 is 0. The van der Waals surface area contributed by atoms with Gasteiger partial charge in [0.05, 0.1) is 12.3 Å². The summed E-state index contributed by atoms with van der Waals surface area (Å²) in [4.78, 5) is 14.7. The minimum atomic E-state index is -0.121. The van der Waals surface area contributed by atoms with Crippen LogP contribution in [-0.4, -0.2) is 40.6 Å². The first kappa shape index (κ1) is 14.5. The highest BCUT2D eigenvalue weighted by Crippen LogP contribution is 2.39. The van der Waals surface area contributed by atoms with Crippen molar-refractivity contribution in [3.63, 3.8) is 0 Å². The van der Waals surface area contributed by atoms with E-state index in [0.29, 0.717) is 18.2 Å². The van der Waals surface area contributed by atoms with Crippen LogP contribution in [0.1, 0.15) is 59.6 Å². The summed E-state index contributed by atoms with van der Waals surface area (Å²) in [7, 11) is 0. The molecule has 6 heteroatoms. The lowest BCUT2D eigenvalue weighted by molar-refractivity contribution is 0.0928. The lowest BCUT2D eigenvalue weighted by atomic mass is 10.2. The summed E-state index contributed by atoms with van der Waals surface area (Å²) in [5, 5.41) is 10.1. The lowest BCUT2D eigenvalue weighted by Gasteiger charge is -2.25. The highest BCUT2D eigenvalue weighted by molar-refractivity contribution is 5.92. The minimum Gasteiger partial charge on any atom is -0.468 e. The number of rotatable bonds is 6. The number of nitrogens with zero attached hydrogens (tertiary/aromatic N) is 2. The average Bonchev–Trinajstić information content (AvgIpc) is 3.06. The molecule has 1 aliphatic carbocycles. The molecular weight excluding hydrogens is 292 g/mol. The largest absolute Gasteiger partial charge is 0.468 e. The first-order valence-electron chi connectivity index (χ1n) is 8.42. The number of carbonyl (C=O) groups is 1. The third-order valence-electron chi connectivity index (χ3n) is 4.76. The fraction of sp³-hybridized carbons (Fsp3) is 0.529. The van der Waals surface area contributed by atoms with E-state index in [-0.39, 0.29) is 11.9 Å². The van der Waals surface area contributed by atoms with Crippen molar-refractivity contribution in [2.75, 3.05) is 19.6 Å². The zero-order valence-corrected chi connectivity index (χ0v) is 13.1. The van der Waals surface area contributed by atoms with E-state index in [1.165, 1.54) is 25.7 Å². The predicted molar refractivity (Wildman–Crippen MR) is 85.2 cm³/mol. The molecule has 2 fully saturated rings. The summed E-state index contributed by atoms with van der Waals surface area (Å²) in [6.45, 7) is 2.64. The van der Waals surface area contributed by atoms with E-state index in [0.717, 1.165) is 24.5 Å². The Labute approximate surface area is 135 Å². The van der Waals surface area contributed by atoms with Crippen molar-refractivity contribution in [3.05, 3.63) is 41.6 Å². The topological polar surface area (TPSA) is 74.2 Å². The van der Waals surface area contributed by atoms with Gasteiger partial charge in [-0.1, -0.05) is 0 Å². The number of carbonyl (C=O) groups excluding carboxylic acids is 1. The average molecular weight is 314 g/mol. The van der Waals surface area contributed by atoms with Crippen LogP contribution < -0.4 is 5.32 Å². The Hall–Kier alpha value is -2.08. The van der Waals surface area contributed by atoms with Crippen molar-refractivity contribution in [2.24, 2.45) is 0 Å². The maximum Gasteiger partial charge on any atom is 0.271 e. The van der Waals surface area contributed by atoms with Crippen LogP contribution >= 0.6 is 0 Å². The minimum absolute atomic E-state index is 0.0956. The molecular formula is C17H22N4O2. The predicted octanol–water partition coefficient (Wildman–Crippen LogP) is 2.45. The molecule has 122 valence electrons. The van der Waals surface area contributed by atoms with E-state index in [1.807, 2.05) is 18.2 Å². The molecule has 2 aromatic rings.